The fraction of sp³-hybridized carbons (Fsp3) is 0.923. The van der Waals surface area contributed by atoms with E-state index in [-0.39, 0.29) is 5.41 Å². The molecule has 0 spiro atoms. The molecule has 1 saturated heterocycles. The maximum atomic E-state index is 11.0. The standard InChI is InChI=1S/C13H25NO/c1-4-6-12-7-8-14(9-12)10-13(3,5-2)11-15/h11-12H,4-10H2,1-3H3. The molecular weight excluding hydrogens is 186 g/mol. The summed E-state index contributed by atoms with van der Waals surface area (Å²) >= 11 is 0. The van der Waals surface area contributed by atoms with E-state index in [0.29, 0.717) is 0 Å². The molecule has 0 aromatic rings. The van der Waals surface area contributed by atoms with Gasteiger partial charge in [0, 0.05) is 18.5 Å². The Morgan fingerprint density at radius 3 is 2.73 bits per heavy atom. The van der Waals surface area contributed by atoms with Crippen LogP contribution >= 0.6 is 0 Å². The van der Waals surface area contributed by atoms with Crippen LogP contribution in [0, 0.1) is 11.3 Å². The van der Waals surface area contributed by atoms with Crippen molar-refractivity contribution in [2.24, 2.45) is 11.3 Å². The number of hydrogen-bond acceptors (Lipinski definition) is 2. The molecule has 1 aliphatic rings. The summed E-state index contributed by atoms with van der Waals surface area (Å²) in [6, 6.07) is 0. The lowest BCUT2D eigenvalue weighted by atomic mass is 9.89. The molecule has 1 rings (SSSR count). The summed E-state index contributed by atoms with van der Waals surface area (Å²) in [7, 11) is 0. The fourth-order valence-corrected chi connectivity index (χ4v) is 2.44. The predicted molar refractivity (Wildman–Crippen MR) is 63.9 cm³/mol. The molecule has 2 heteroatoms. The van der Waals surface area contributed by atoms with Crippen LogP contribution in [0.1, 0.15) is 46.5 Å². The molecule has 88 valence electrons. The molecule has 0 aliphatic carbocycles. The summed E-state index contributed by atoms with van der Waals surface area (Å²) in [4.78, 5) is 13.5. The molecule has 2 unspecified atom stereocenters. The smallest absolute Gasteiger partial charge is 0.127 e. The Hall–Kier alpha value is -0.370. The Labute approximate surface area is 94.0 Å². The maximum Gasteiger partial charge on any atom is 0.127 e. The van der Waals surface area contributed by atoms with E-state index in [4.69, 9.17) is 0 Å². The van der Waals surface area contributed by atoms with Crippen LogP contribution in [0.25, 0.3) is 0 Å². The highest BCUT2D eigenvalue weighted by Crippen LogP contribution is 2.26. The van der Waals surface area contributed by atoms with E-state index in [9.17, 15) is 4.79 Å². The lowest BCUT2D eigenvalue weighted by Crippen LogP contribution is -2.35. The summed E-state index contributed by atoms with van der Waals surface area (Å²) in [6.07, 6.45) is 6.05. The Balaban J connectivity index is 2.37. The molecular formula is C13H25NO. The van der Waals surface area contributed by atoms with Gasteiger partial charge in [0.05, 0.1) is 0 Å². The van der Waals surface area contributed by atoms with Crippen LogP contribution in [0.15, 0.2) is 0 Å². The zero-order valence-electron chi connectivity index (χ0n) is 10.5. The van der Waals surface area contributed by atoms with Crippen LogP contribution in [0.2, 0.25) is 0 Å². The van der Waals surface area contributed by atoms with Crippen molar-refractivity contribution < 1.29 is 4.79 Å². The molecule has 0 amide bonds. The van der Waals surface area contributed by atoms with Gasteiger partial charge in [0.25, 0.3) is 0 Å². The van der Waals surface area contributed by atoms with Crippen molar-refractivity contribution in [2.45, 2.75) is 46.5 Å². The van der Waals surface area contributed by atoms with Gasteiger partial charge in [-0.25, -0.2) is 0 Å². The molecule has 1 heterocycles. The summed E-state index contributed by atoms with van der Waals surface area (Å²) < 4.78 is 0. The quantitative estimate of drug-likeness (QED) is 0.630. The van der Waals surface area contributed by atoms with Crippen LogP contribution in [0.4, 0.5) is 0 Å². The first-order valence-corrected chi connectivity index (χ1v) is 6.32. The van der Waals surface area contributed by atoms with Gasteiger partial charge in [0.1, 0.15) is 6.29 Å². The number of aldehydes is 1. The number of nitrogens with zero attached hydrogens (tertiary/aromatic N) is 1. The normalized spacial score (nSPS) is 26.5. The molecule has 0 aromatic heterocycles. The van der Waals surface area contributed by atoms with Gasteiger partial charge in [-0.3, -0.25) is 0 Å². The van der Waals surface area contributed by atoms with E-state index in [2.05, 4.69) is 25.7 Å². The minimum Gasteiger partial charge on any atom is -0.303 e. The summed E-state index contributed by atoms with van der Waals surface area (Å²) in [5, 5.41) is 0. The first-order chi connectivity index (χ1) is 7.13. The van der Waals surface area contributed by atoms with Gasteiger partial charge in [-0.15, -0.1) is 0 Å². The Morgan fingerprint density at radius 2 is 2.20 bits per heavy atom. The van der Waals surface area contributed by atoms with Crippen molar-refractivity contribution in [3.8, 4) is 0 Å². The van der Waals surface area contributed by atoms with Gasteiger partial charge in [-0.2, -0.15) is 0 Å². The molecule has 0 N–H and O–H groups in total. The molecule has 15 heavy (non-hydrogen) atoms. The van der Waals surface area contributed by atoms with Crippen molar-refractivity contribution in [3.05, 3.63) is 0 Å². The van der Waals surface area contributed by atoms with Crippen molar-refractivity contribution in [1.29, 1.82) is 0 Å². The first-order valence-electron chi connectivity index (χ1n) is 6.32. The predicted octanol–water partition coefficient (Wildman–Crippen LogP) is 2.72. The van der Waals surface area contributed by atoms with Crippen LogP contribution in [0.3, 0.4) is 0 Å². The van der Waals surface area contributed by atoms with E-state index in [1.807, 2.05) is 0 Å². The second-order valence-electron chi connectivity index (χ2n) is 5.30. The van der Waals surface area contributed by atoms with E-state index in [1.165, 1.54) is 32.4 Å². The largest absolute Gasteiger partial charge is 0.303 e. The topological polar surface area (TPSA) is 20.3 Å². The second-order valence-corrected chi connectivity index (χ2v) is 5.30. The zero-order valence-corrected chi connectivity index (χ0v) is 10.5. The number of carbonyl (C=O) groups is 1. The zero-order chi connectivity index (χ0) is 11.3. The molecule has 0 bridgehead atoms. The van der Waals surface area contributed by atoms with Gasteiger partial charge in [-0.05, 0) is 31.7 Å². The summed E-state index contributed by atoms with van der Waals surface area (Å²) in [6.45, 7) is 9.78. The van der Waals surface area contributed by atoms with Gasteiger partial charge in [0.2, 0.25) is 0 Å². The Bertz CT molecular complexity index is 205. The van der Waals surface area contributed by atoms with Crippen molar-refractivity contribution in [2.75, 3.05) is 19.6 Å². The van der Waals surface area contributed by atoms with Crippen LogP contribution in [-0.4, -0.2) is 30.8 Å². The Kier molecular flexibility index (Phi) is 4.78. The molecule has 2 nitrogen and oxygen atoms in total. The highest BCUT2D eigenvalue weighted by atomic mass is 16.1. The number of hydrogen-bond donors (Lipinski definition) is 0. The van der Waals surface area contributed by atoms with Gasteiger partial charge >= 0.3 is 0 Å². The SMILES string of the molecule is CCCC1CCN(CC(C)(C=O)CC)C1. The summed E-state index contributed by atoms with van der Waals surface area (Å²) in [5.74, 6) is 0.878. The van der Waals surface area contributed by atoms with E-state index < -0.39 is 0 Å². The number of rotatable bonds is 6. The van der Waals surface area contributed by atoms with Crippen LogP contribution in [-0.2, 0) is 4.79 Å². The second kappa shape index (κ2) is 5.64. The number of likely N-dealkylation sites (tertiary alicyclic amines) is 1. The van der Waals surface area contributed by atoms with E-state index >= 15 is 0 Å². The van der Waals surface area contributed by atoms with Gasteiger partial charge in [-0.1, -0.05) is 27.2 Å². The van der Waals surface area contributed by atoms with E-state index in [1.54, 1.807) is 0 Å². The first kappa shape index (κ1) is 12.7. The molecule has 0 saturated carbocycles. The Morgan fingerprint density at radius 1 is 1.47 bits per heavy atom. The van der Waals surface area contributed by atoms with Crippen molar-refractivity contribution in [3.63, 3.8) is 0 Å². The molecule has 1 aliphatic heterocycles. The maximum absolute atomic E-state index is 11.0. The third kappa shape index (κ3) is 3.60. The monoisotopic (exact) mass is 211 g/mol. The van der Waals surface area contributed by atoms with Crippen LogP contribution < -0.4 is 0 Å². The fourth-order valence-electron chi connectivity index (χ4n) is 2.44. The third-order valence-electron chi connectivity index (χ3n) is 3.74. The molecule has 0 radical (unpaired) electrons. The highest BCUT2D eigenvalue weighted by molar-refractivity contribution is 5.58. The number of carbonyl (C=O) groups excluding carboxylic acids is 1. The van der Waals surface area contributed by atoms with Gasteiger partial charge < -0.3 is 9.69 Å². The minimum atomic E-state index is -0.124. The summed E-state index contributed by atoms with van der Waals surface area (Å²) in [5.41, 5.74) is -0.124. The lowest BCUT2D eigenvalue weighted by Gasteiger charge is -2.27. The molecule has 1 fully saturated rings. The molecule has 0 aromatic carbocycles. The van der Waals surface area contributed by atoms with Crippen molar-refractivity contribution in [1.82, 2.24) is 4.90 Å². The average molecular weight is 211 g/mol. The minimum absolute atomic E-state index is 0.124. The van der Waals surface area contributed by atoms with E-state index in [0.717, 1.165) is 25.2 Å². The third-order valence-corrected chi connectivity index (χ3v) is 3.74. The molecule has 2 atom stereocenters. The van der Waals surface area contributed by atoms with Gasteiger partial charge in [0.15, 0.2) is 0 Å². The highest BCUT2D eigenvalue weighted by Gasteiger charge is 2.29. The lowest BCUT2D eigenvalue weighted by molar-refractivity contribution is -0.116. The van der Waals surface area contributed by atoms with Crippen molar-refractivity contribution >= 4 is 6.29 Å². The average Bonchev–Trinajstić information content (AvgIpc) is 2.66. The van der Waals surface area contributed by atoms with Crippen LogP contribution in [0.5, 0.6) is 0 Å².